The number of aromatic nitrogens is 1. The smallest absolute Gasteiger partial charge is 0.268 e. The third-order valence-corrected chi connectivity index (χ3v) is 3.38. The zero-order chi connectivity index (χ0) is 13.2. The zero-order valence-electron chi connectivity index (χ0n) is 10.5. The molecule has 2 N–H and O–H groups in total. The molecule has 2 aromatic rings. The Balaban J connectivity index is 1.68. The number of hydrogen-bond acceptors (Lipinski definition) is 2. The minimum Gasteiger partial charge on any atom is -0.508 e. The van der Waals surface area contributed by atoms with Crippen LogP contribution < -0.4 is 5.32 Å². The van der Waals surface area contributed by atoms with E-state index in [1.807, 2.05) is 29.0 Å². The number of hydrogen-bond donors (Lipinski definition) is 2. The van der Waals surface area contributed by atoms with Gasteiger partial charge in [-0.25, -0.2) is 0 Å². The van der Waals surface area contributed by atoms with Crippen LogP contribution in [0.4, 0.5) is 0 Å². The van der Waals surface area contributed by atoms with Gasteiger partial charge in [0.1, 0.15) is 11.4 Å². The second kappa shape index (κ2) is 4.80. The maximum Gasteiger partial charge on any atom is 0.268 e. The van der Waals surface area contributed by atoms with Crippen molar-refractivity contribution in [1.29, 1.82) is 0 Å². The van der Waals surface area contributed by atoms with Crippen LogP contribution >= 0.6 is 0 Å². The van der Waals surface area contributed by atoms with Crippen LogP contribution in [0.1, 0.15) is 34.9 Å². The van der Waals surface area contributed by atoms with Gasteiger partial charge in [0.2, 0.25) is 0 Å². The molecule has 1 amide bonds. The monoisotopic (exact) mass is 256 g/mol. The molecule has 0 aliphatic heterocycles. The SMILES string of the molecule is O=C(NCc1ccccc1O)c1cccn1C1CC1. The normalized spacial score (nSPS) is 14.3. The number of amides is 1. The summed E-state index contributed by atoms with van der Waals surface area (Å²) < 4.78 is 2.03. The van der Waals surface area contributed by atoms with Crippen molar-refractivity contribution in [3.05, 3.63) is 53.9 Å². The van der Waals surface area contributed by atoms with Gasteiger partial charge >= 0.3 is 0 Å². The Labute approximate surface area is 111 Å². The van der Waals surface area contributed by atoms with Crippen LogP contribution in [0.2, 0.25) is 0 Å². The predicted octanol–water partition coefficient (Wildman–Crippen LogP) is 2.46. The van der Waals surface area contributed by atoms with E-state index in [1.165, 1.54) is 0 Å². The van der Waals surface area contributed by atoms with E-state index in [0.29, 0.717) is 18.3 Å². The van der Waals surface area contributed by atoms with Gasteiger partial charge in [-0.15, -0.1) is 0 Å². The lowest BCUT2D eigenvalue weighted by atomic mass is 10.2. The third-order valence-electron chi connectivity index (χ3n) is 3.38. The van der Waals surface area contributed by atoms with E-state index < -0.39 is 0 Å². The first-order valence-electron chi connectivity index (χ1n) is 6.47. The molecular formula is C15H16N2O2. The summed E-state index contributed by atoms with van der Waals surface area (Å²) in [5.41, 5.74) is 1.42. The molecule has 3 rings (SSSR count). The van der Waals surface area contributed by atoms with Crippen LogP contribution in [-0.4, -0.2) is 15.6 Å². The molecule has 1 saturated carbocycles. The Kier molecular flexibility index (Phi) is 2.99. The molecule has 1 aromatic carbocycles. The highest BCUT2D eigenvalue weighted by atomic mass is 16.3. The summed E-state index contributed by atoms with van der Waals surface area (Å²) in [6, 6.07) is 11.2. The minimum absolute atomic E-state index is 0.0971. The largest absolute Gasteiger partial charge is 0.508 e. The van der Waals surface area contributed by atoms with Crippen molar-refractivity contribution in [2.24, 2.45) is 0 Å². The molecule has 0 radical (unpaired) electrons. The molecule has 1 aromatic heterocycles. The zero-order valence-corrected chi connectivity index (χ0v) is 10.5. The highest BCUT2D eigenvalue weighted by Gasteiger charge is 2.26. The van der Waals surface area contributed by atoms with E-state index in [2.05, 4.69) is 5.32 Å². The quantitative estimate of drug-likeness (QED) is 0.883. The van der Waals surface area contributed by atoms with Crippen LogP contribution in [0.25, 0.3) is 0 Å². The number of nitrogens with one attached hydrogen (secondary N) is 1. The Morgan fingerprint density at radius 2 is 2.05 bits per heavy atom. The second-order valence-corrected chi connectivity index (χ2v) is 4.84. The molecule has 0 saturated heterocycles. The number of phenols is 1. The van der Waals surface area contributed by atoms with Crippen molar-refractivity contribution in [2.45, 2.75) is 25.4 Å². The summed E-state index contributed by atoms with van der Waals surface area (Å²) in [6.07, 6.45) is 4.25. The number of nitrogens with zero attached hydrogens (tertiary/aromatic N) is 1. The van der Waals surface area contributed by atoms with Gasteiger partial charge in [0.25, 0.3) is 5.91 Å². The van der Waals surface area contributed by atoms with Gasteiger partial charge < -0.3 is 15.0 Å². The lowest BCUT2D eigenvalue weighted by molar-refractivity contribution is 0.0941. The molecule has 1 aliphatic rings. The van der Waals surface area contributed by atoms with Crippen molar-refractivity contribution in [1.82, 2.24) is 9.88 Å². The summed E-state index contributed by atoms with van der Waals surface area (Å²) in [7, 11) is 0. The van der Waals surface area contributed by atoms with E-state index in [1.54, 1.807) is 18.2 Å². The Morgan fingerprint density at radius 1 is 1.26 bits per heavy atom. The highest BCUT2D eigenvalue weighted by Crippen LogP contribution is 2.35. The van der Waals surface area contributed by atoms with Crippen molar-refractivity contribution < 1.29 is 9.90 Å². The van der Waals surface area contributed by atoms with Gasteiger partial charge in [-0.3, -0.25) is 4.79 Å². The first-order chi connectivity index (χ1) is 9.25. The molecule has 1 heterocycles. The van der Waals surface area contributed by atoms with Crippen LogP contribution in [0.3, 0.4) is 0 Å². The van der Waals surface area contributed by atoms with Crippen molar-refractivity contribution in [2.75, 3.05) is 0 Å². The Hall–Kier alpha value is -2.23. The number of para-hydroxylation sites is 1. The molecule has 19 heavy (non-hydrogen) atoms. The molecule has 0 unspecified atom stereocenters. The van der Waals surface area contributed by atoms with Crippen molar-refractivity contribution >= 4 is 5.91 Å². The number of benzene rings is 1. The Bertz CT molecular complexity index is 600. The fraction of sp³-hybridized carbons (Fsp3) is 0.267. The first kappa shape index (κ1) is 11.8. The fourth-order valence-corrected chi connectivity index (χ4v) is 2.18. The van der Waals surface area contributed by atoms with E-state index in [4.69, 9.17) is 0 Å². The summed E-state index contributed by atoms with van der Waals surface area (Å²) in [5.74, 6) is 0.112. The molecule has 1 fully saturated rings. The Morgan fingerprint density at radius 3 is 2.79 bits per heavy atom. The average molecular weight is 256 g/mol. The van der Waals surface area contributed by atoms with Gasteiger partial charge in [-0.05, 0) is 31.0 Å². The van der Waals surface area contributed by atoms with Gasteiger partial charge in [0, 0.05) is 24.3 Å². The van der Waals surface area contributed by atoms with E-state index in [0.717, 1.165) is 18.4 Å². The summed E-state index contributed by atoms with van der Waals surface area (Å²) in [5, 5.41) is 12.5. The molecule has 0 bridgehead atoms. The minimum atomic E-state index is -0.0971. The van der Waals surface area contributed by atoms with Gasteiger partial charge in [-0.2, -0.15) is 0 Å². The lowest BCUT2D eigenvalue weighted by Crippen LogP contribution is -2.25. The number of phenolic OH excluding ortho intramolecular Hbond substituents is 1. The van der Waals surface area contributed by atoms with Crippen LogP contribution in [-0.2, 0) is 6.54 Å². The summed E-state index contributed by atoms with van der Waals surface area (Å²) >= 11 is 0. The van der Waals surface area contributed by atoms with E-state index in [-0.39, 0.29) is 11.7 Å². The average Bonchev–Trinajstić information content (AvgIpc) is 3.15. The molecule has 98 valence electrons. The summed E-state index contributed by atoms with van der Waals surface area (Å²) in [6.45, 7) is 0.335. The molecular weight excluding hydrogens is 240 g/mol. The van der Waals surface area contributed by atoms with Gasteiger partial charge in [0.15, 0.2) is 0 Å². The lowest BCUT2D eigenvalue weighted by Gasteiger charge is -2.09. The molecule has 0 spiro atoms. The predicted molar refractivity (Wildman–Crippen MR) is 72.0 cm³/mol. The number of rotatable bonds is 4. The van der Waals surface area contributed by atoms with E-state index in [9.17, 15) is 9.90 Å². The number of aromatic hydroxyl groups is 1. The van der Waals surface area contributed by atoms with Crippen molar-refractivity contribution in [3.63, 3.8) is 0 Å². The molecule has 1 aliphatic carbocycles. The highest BCUT2D eigenvalue weighted by molar-refractivity contribution is 5.92. The maximum atomic E-state index is 12.1. The van der Waals surface area contributed by atoms with Crippen LogP contribution in [0, 0.1) is 0 Å². The van der Waals surface area contributed by atoms with Gasteiger partial charge in [0.05, 0.1) is 0 Å². The fourth-order valence-electron chi connectivity index (χ4n) is 2.18. The second-order valence-electron chi connectivity index (χ2n) is 4.84. The maximum absolute atomic E-state index is 12.1. The van der Waals surface area contributed by atoms with Crippen LogP contribution in [0.15, 0.2) is 42.6 Å². The topological polar surface area (TPSA) is 54.3 Å². The van der Waals surface area contributed by atoms with Crippen LogP contribution in [0.5, 0.6) is 5.75 Å². The molecule has 0 atom stereocenters. The number of carbonyl (C=O) groups excluding carboxylic acids is 1. The number of carbonyl (C=O) groups is 1. The molecule has 4 nitrogen and oxygen atoms in total. The third kappa shape index (κ3) is 2.47. The van der Waals surface area contributed by atoms with Gasteiger partial charge in [-0.1, -0.05) is 18.2 Å². The van der Waals surface area contributed by atoms with E-state index >= 15 is 0 Å². The molecule has 4 heteroatoms. The summed E-state index contributed by atoms with van der Waals surface area (Å²) in [4.78, 5) is 12.1. The van der Waals surface area contributed by atoms with Crippen molar-refractivity contribution in [3.8, 4) is 5.75 Å². The standard InChI is InChI=1S/C15H16N2O2/c18-14-6-2-1-4-11(14)10-16-15(19)13-5-3-9-17(13)12-7-8-12/h1-6,9,12,18H,7-8,10H2,(H,16,19). The first-order valence-corrected chi connectivity index (χ1v) is 6.47.